The van der Waals surface area contributed by atoms with Crippen LogP contribution in [0.25, 0.3) is 0 Å². The highest BCUT2D eigenvalue weighted by Gasteiger charge is 2.18. The molecule has 0 spiro atoms. The third kappa shape index (κ3) is 3.41. The normalized spacial score (nSPS) is 11.9. The van der Waals surface area contributed by atoms with Crippen LogP contribution in [0.1, 0.15) is 12.5 Å². The molecule has 6 nitrogen and oxygen atoms in total. The van der Waals surface area contributed by atoms with Gasteiger partial charge in [0.05, 0.1) is 21.6 Å². The first-order valence-corrected chi connectivity index (χ1v) is 5.72. The lowest BCUT2D eigenvalue weighted by Gasteiger charge is -2.13. The van der Waals surface area contributed by atoms with Gasteiger partial charge in [-0.2, -0.15) is 0 Å². The lowest BCUT2D eigenvalue weighted by atomic mass is 10.1. The molecule has 18 heavy (non-hydrogen) atoms. The number of amides is 1. The van der Waals surface area contributed by atoms with Gasteiger partial charge < -0.3 is 10.6 Å². The van der Waals surface area contributed by atoms with Gasteiger partial charge in [0.15, 0.2) is 0 Å². The number of carbonyl (C=O) groups is 1. The average molecular weight is 272 g/mol. The SMILES string of the molecule is CNC(=O)C(C)NCc1c(Cl)cccc1[N+](=O)[O-]. The molecule has 1 aromatic carbocycles. The first-order valence-electron chi connectivity index (χ1n) is 5.34. The Morgan fingerprint density at radius 3 is 2.78 bits per heavy atom. The summed E-state index contributed by atoms with van der Waals surface area (Å²) in [5.41, 5.74) is 0.319. The number of nitrogens with zero attached hydrogens (tertiary/aromatic N) is 1. The van der Waals surface area contributed by atoms with Crippen LogP contribution in [-0.4, -0.2) is 23.9 Å². The van der Waals surface area contributed by atoms with Crippen molar-refractivity contribution in [2.45, 2.75) is 19.5 Å². The summed E-state index contributed by atoms with van der Waals surface area (Å²) in [6.07, 6.45) is 0. The van der Waals surface area contributed by atoms with E-state index in [1.165, 1.54) is 19.2 Å². The third-order valence-corrected chi connectivity index (χ3v) is 2.87. The van der Waals surface area contributed by atoms with Crippen LogP contribution in [0.4, 0.5) is 5.69 Å². The molecule has 1 rings (SSSR count). The molecule has 0 radical (unpaired) electrons. The molecule has 1 atom stereocenters. The van der Waals surface area contributed by atoms with Gasteiger partial charge in [0, 0.05) is 19.7 Å². The molecule has 0 aliphatic rings. The zero-order valence-electron chi connectivity index (χ0n) is 10.1. The van der Waals surface area contributed by atoms with Crippen LogP contribution in [0.3, 0.4) is 0 Å². The van der Waals surface area contributed by atoms with Crippen molar-refractivity contribution in [3.8, 4) is 0 Å². The molecule has 98 valence electrons. The summed E-state index contributed by atoms with van der Waals surface area (Å²) in [6.45, 7) is 1.83. The number of halogens is 1. The third-order valence-electron chi connectivity index (χ3n) is 2.52. The molecule has 0 aromatic heterocycles. The van der Waals surface area contributed by atoms with Crippen molar-refractivity contribution in [3.05, 3.63) is 38.9 Å². The van der Waals surface area contributed by atoms with Gasteiger partial charge in [0.2, 0.25) is 5.91 Å². The van der Waals surface area contributed by atoms with E-state index in [1.54, 1.807) is 13.0 Å². The summed E-state index contributed by atoms with van der Waals surface area (Å²) in [5.74, 6) is -0.190. The average Bonchev–Trinajstić information content (AvgIpc) is 2.35. The van der Waals surface area contributed by atoms with Crippen LogP contribution in [0, 0.1) is 10.1 Å². The fourth-order valence-corrected chi connectivity index (χ4v) is 1.69. The maximum Gasteiger partial charge on any atom is 0.275 e. The van der Waals surface area contributed by atoms with E-state index in [0.29, 0.717) is 10.6 Å². The largest absolute Gasteiger partial charge is 0.358 e. The van der Waals surface area contributed by atoms with E-state index in [0.717, 1.165) is 0 Å². The highest BCUT2D eigenvalue weighted by molar-refractivity contribution is 6.31. The van der Waals surface area contributed by atoms with Gasteiger partial charge in [-0.3, -0.25) is 14.9 Å². The van der Waals surface area contributed by atoms with Crippen molar-refractivity contribution in [2.75, 3.05) is 7.05 Å². The Balaban J connectivity index is 2.84. The van der Waals surface area contributed by atoms with Gasteiger partial charge in [-0.25, -0.2) is 0 Å². The maximum absolute atomic E-state index is 11.3. The molecular formula is C11H14ClN3O3. The number of hydrogen-bond acceptors (Lipinski definition) is 4. The van der Waals surface area contributed by atoms with Crippen molar-refractivity contribution < 1.29 is 9.72 Å². The van der Waals surface area contributed by atoms with Crippen molar-refractivity contribution in [1.29, 1.82) is 0 Å². The highest BCUT2D eigenvalue weighted by Crippen LogP contribution is 2.25. The molecule has 0 saturated heterocycles. The Labute approximate surface area is 109 Å². The Hall–Kier alpha value is -1.66. The fraction of sp³-hybridized carbons (Fsp3) is 0.364. The summed E-state index contributed by atoms with van der Waals surface area (Å²) in [4.78, 5) is 21.7. The van der Waals surface area contributed by atoms with Gasteiger partial charge in [-0.15, -0.1) is 0 Å². The van der Waals surface area contributed by atoms with E-state index < -0.39 is 11.0 Å². The van der Waals surface area contributed by atoms with Crippen LogP contribution < -0.4 is 10.6 Å². The lowest BCUT2D eigenvalue weighted by molar-refractivity contribution is -0.385. The number of nitro benzene ring substituents is 1. The van der Waals surface area contributed by atoms with Crippen LogP contribution in [0.15, 0.2) is 18.2 Å². The number of likely N-dealkylation sites (N-methyl/N-ethyl adjacent to an activating group) is 1. The second-order valence-corrected chi connectivity index (χ2v) is 4.12. The number of nitrogens with one attached hydrogen (secondary N) is 2. The number of hydrogen-bond donors (Lipinski definition) is 2. The first-order chi connectivity index (χ1) is 8.47. The van der Waals surface area contributed by atoms with Crippen molar-refractivity contribution in [1.82, 2.24) is 10.6 Å². The van der Waals surface area contributed by atoms with E-state index in [9.17, 15) is 14.9 Å². The molecule has 0 bridgehead atoms. The molecule has 1 aromatic rings. The molecule has 2 N–H and O–H groups in total. The van der Waals surface area contributed by atoms with Crippen molar-refractivity contribution >= 4 is 23.2 Å². The van der Waals surface area contributed by atoms with Gasteiger partial charge >= 0.3 is 0 Å². The standard InChI is InChI=1S/C11H14ClN3O3/c1-7(11(16)13-2)14-6-8-9(12)4-3-5-10(8)15(17)18/h3-5,7,14H,6H2,1-2H3,(H,13,16). The van der Waals surface area contributed by atoms with E-state index in [2.05, 4.69) is 10.6 Å². The minimum absolute atomic E-state index is 0.0564. The molecule has 0 aliphatic carbocycles. The van der Waals surface area contributed by atoms with E-state index in [-0.39, 0.29) is 18.1 Å². The monoisotopic (exact) mass is 271 g/mol. The number of nitro groups is 1. The van der Waals surface area contributed by atoms with Crippen LogP contribution in [0.5, 0.6) is 0 Å². The summed E-state index contributed by atoms with van der Waals surface area (Å²) in [5, 5.41) is 16.5. The minimum atomic E-state index is -0.493. The molecule has 0 saturated carbocycles. The predicted octanol–water partition coefficient (Wildman–Crippen LogP) is 1.47. The Bertz CT molecular complexity index is 465. The molecule has 1 unspecified atom stereocenters. The van der Waals surface area contributed by atoms with Gasteiger partial charge in [-0.05, 0) is 13.0 Å². The number of rotatable bonds is 5. The predicted molar refractivity (Wildman–Crippen MR) is 68.5 cm³/mol. The molecule has 0 fully saturated rings. The number of benzene rings is 1. The highest BCUT2D eigenvalue weighted by atomic mass is 35.5. The molecule has 0 aliphatic heterocycles. The summed E-state index contributed by atoms with van der Waals surface area (Å²) < 4.78 is 0. The number of carbonyl (C=O) groups excluding carboxylic acids is 1. The van der Waals surface area contributed by atoms with Crippen molar-refractivity contribution in [3.63, 3.8) is 0 Å². The quantitative estimate of drug-likeness (QED) is 0.627. The Morgan fingerprint density at radius 2 is 2.22 bits per heavy atom. The van der Waals surface area contributed by atoms with Crippen LogP contribution in [-0.2, 0) is 11.3 Å². The topological polar surface area (TPSA) is 84.3 Å². The van der Waals surface area contributed by atoms with Gasteiger partial charge in [-0.1, -0.05) is 17.7 Å². The Kier molecular flexibility index (Phi) is 5.06. The molecule has 7 heteroatoms. The van der Waals surface area contributed by atoms with Gasteiger partial charge in [0.25, 0.3) is 5.69 Å². The maximum atomic E-state index is 11.3. The van der Waals surface area contributed by atoms with E-state index >= 15 is 0 Å². The minimum Gasteiger partial charge on any atom is -0.358 e. The smallest absolute Gasteiger partial charge is 0.275 e. The lowest BCUT2D eigenvalue weighted by Crippen LogP contribution is -2.40. The van der Waals surface area contributed by atoms with Crippen molar-refractivity contribution in [2.24, 2.45) is 0 Å². The Morgan fingerprint density at radius 1 is 1.56 bits per heavy atom. The molecule has 0 heterocycles. The second-order valence-electron chi connectivity index (χ2n) is 3.71. The fourth-order valence-electron chi connectivity index (χ4n) is 1.46. The summed E-state index contributed by atoms with van der Waals surface area (Å²) in [7, 11) is 1.53. The second kappa shape index (κ2) is 6.32. The van der Waals surface area contributed by atoms with E-state index in [4.69, 9.17) is 11.6 Å². The molecular weight excluding hydrogens is 258 g/mol. The zero-order chi connectivity index (χ0) is 13.7. The van der Waals surface area contributed by atoms with E-state index in [1.807, 2.05) is 0 Å². The summed E-state index contributed by atoms with van der Waals surface area (Å²) >= 11 is 5.93. The zero-order valence-corrected chi connectivity index (χ0v) is 10.8. The first kappa shape index (κ1) is 14.4. The summed E-state index contributed by atoms with van der Waals surface area (Å²) in [6, 6.07) is 4.03. The van der Waals surface area contributed by atoms with Crippen LogP contribution >= 0.6 is 11.6 Å². The van der Waals surface area contributed by atoms with Crippen LogP contribution in [0.2, 0.25) is 5.02 Å². The molecule has 1 amide bonds. The van der Waals surface area contributed by atoms with Gasteiger partial charge in [0.1, 0.15) is 0 Å².